The number of rotatable bonds is 9. The molecule has 1 atom stereocenters. The van der Waals surface area contributed by atoms with Crippen molar-refractivity contribution < 1.29 is 22.3 Å². The fourth-order valence-corrected chi connectivity index (χ4v) is 2.34. The van der Waals surface area contributed by atoms with E-state index >= 15 is 0 Å². The second-order valence-corrected chi connectivity index (χ2v) is 5.39. The molecule has 0 bridgehead atoms. The SMILES string of the molecule is CCNC(CCOCC(F)F)Cc1c(F)ccc(Br)c1F. The van der Waals surface area contributed by atoms with Gasteiger partial charge in [0.2, 0.25) is 0 Å². The number of halogens is 5. The van der Waals surface area contributed by atoms with Crippen LogP contribution in [0.5, 0.6) is 0 Å². The summed E-state index contributed by atoms with van der Waals surface area (Å²) in [4.78, 5) is 0. The molecule has 0 aliphatic rings. The Bertz CT molecular complexity index is 445. The van der Waals surface area contributed by atoms with Crippen LogP contribution in [0, 0.1) is 11.6 Å². The number of hydrogen-bond donors (Lipinski definition) is 1. The molecule has 120 valence electrons. The minimum Gasteiger partial charge on any atom is -0.375 e. The molecule has 0 aliphatic heterocycles. The first-order valence-corrected chi connectivity index (χ1v) is 7.46. The first-order chi connectivity index (χ1) is 9.95. The molecule has 0 spiro atoms. The second kappa shape index (κ2) is 9.38. The summed E-state index contributed by atoms with van der Waals surface area (Å²) in [6.45, 7) is 1.95. The van der Waals surface area contributed by atoms with Crippen LogP contribution in [0.4, 0.5) is 17.6 Å². The second-order valence-electron chi connectivity index (χ2n) is 4.54. The van der Waals surface area contributed by atoms with Crippen LogP contribution in [0.3, 0.4) is 0 Å². The summed E-state index contributed by atoms with van der Waals surface area (Å²) in [7, 11) is 0. The molecule has 0 amide bonds. The molecule has 0 aromatic heterocycles. The van der Waals surface area contributed by atoms with Crippen LogP contribution in [-0.4, -0.2) is 32.2 Å². The van der Waals surface area contributed by atoms with Gasteiger partial charge < -0.3 is 10.1 Å². The molecule has 1 aromatic rings. The van der Waals surface area contributed by atoms with Crippen molar-refractivity contribution in [3.05, 3.63) is 33.8 Å². The molecule has 0 saturated heterocycles. The maximum Gasteiger partial charge on any atom is 0.261 e. The van der Waals surface area contributed by atoms with Crippen molar-refractivity contribution in [3.63, 3.8) is 0 Å². The van der Waals surface area contributed by atoms with Gasteiger partial charge in [-0.25, -0.2) is 17.6 Å². The molecule has 1 unspecified atom stereocenters. The molecule has 7 heteroatoms. The minimum atomic E-state index is -2.51. The van der Waals surface area contributed by atoms with Gasteiger partial charge in [0, 0.05) is 18.2 Å². The average Bonchev–Trinajstić information content (AvgIpc) is 2.43. The van der Waals surface area contributed by atoms with Crippen molar-refractivity contribution in [3.8, 4) is 0 Å². The van der Waals surface area contributed by atoms with E-state index in [2.05, 4.69) is 21.2 Å². The lowest BCUT2D eigenvalue weighted by molar-refractivity contribution is 0.0144. The summed E-state index contributed by atoms with van der Waals surface area (Å²) in [5.74, 6) is -1.25. The highest BCUT2D eigenvalue weighted by molar-refractivity contribution is 9.10. The Balaban J connectivity index is 2.64. The van der Waals surface area contributed by atoms with Crippen molar-refractivity contribution >= 4 is 15.9 Å². The van der Waals surface area contributed by atoms with E-state index in [9.17, 15) is 17.6 Å². The number of likely N-dealkylation sites (N-methyl/N-ethyl adjacent to an activating group) is 1. The fraction of sp³-hybridized carbons (Fsp3) is 0.571. The van der Waals surface area contributed by atoms with Crippen LogP contribution in [0.15, 0.2) is 16.6 Å². The molecule has 0 radical (unpaired) electrons. The Hall–Kier alpha value is -0.660. The quantitative estimate of drug-likeness (QED) is 0.403. The van der Waals surface area contributed by atoms with Crippen LogP contribution in [0.1, 0.15) is 18.9 Å². The summed E-state index contributed by atoms with van der Waals surface area (Å²) < 4.78 is 56.5. The van der Waals surface area contributed by atoms with Gasteiger partial charge >= 0.3 is 0 Å². The van der Waals surface area contributed by atoms with Gasteiger partial charge in [0.25, 0.3) is 6.43 Å². The Morgan fingerprint density at radius 3 is 2.62 bits per heavy atom. The van der Waals surface area contributed by atoms with E-state index in [0.29, 0.717) is 13.0 Å². The average molecular weight is 372 g/mol. The van der Waals surface area contributed by atoms with E-state index in [4.69, 9.17) is 4.74 Å². The molecule has 0 saturated carbocycles. The number of benzene rings is 1. The molecule has 0 heterocycles. The third kappa shape index (κ3) is 6.32. The first kappa shape index (κ1) is 18.4. The van der Waals surface area contributed by atoms with Crippen molar-refractivity contribution in [2.24, 2.45) is 0 Å². The Morgan fingerprint density at radius 2 is 2.00 bits per heavy atom. The van der Waals surface area contributed by atoms with E-state index < -0.39 is 24.7 Å². The zero-order valence-electron chi connectivity index (χ0n) is 11.6. The van der Waals surface area contributed by atoms with E-state index in [-0.39, 0.29) is 29.1 Å². The third-order valence-corrected chi connectivity index (χ3v) is 3.55. The number of nitrogens with one attached hydrogen (secondary N) is 1. The highest BCUT2D eigenvalue weighted by Gasteiger charge is 2.17. The lowest BCUT2D eigenvalue weighted by Gasteiger charge is -2.19. The van der Waals surface area contributed by atoms with E-state index in [1.165, 1.54) is 12.1 Å². The maximum absolute atomic E-state index is 13.9. The normalized spacial score (nSPS) is 12.9. The predicted molar refractivity (Wildman–Crippen MR) is 76.7 cm³/mol. The zero-order chi connectivity index (χ0) is 15.8. The first-order valence-electron chi connectivity index (χ1n) is 6.67. The Labute approximate surface area is 130 Å². The van der Waals surface area contributed by atoms with Crippen molar-refractivity contribution in [2.75, 3.05) is 19.8 Å². The molecule has 21 heavy (non-hydrogen) atoms. The van der Waals surface area contributed by atoms with Gasteiger partial charge in [0.1, 0.15) is 18.2 Å². The monoisotopic (exact) mass is 371 g/mol. The summed E-state index contributed by atoms with van der Waals surface area (Å²) in [5.41, 5.74) is -0.0239. The van der Waals surface area contributed by atoms with Crippen LogP contribution < -0.4 is 5.32 Å². The third-order valence-electron chi connectivity index (χ3n) is 2.94. The van der Waals surface area contributed by atoms with Gasteiger partial charge in [-0.2, -0.15) is 0 Å². The highest BCUT2D eigenvalue weighted by Crippen LogP contribution is 2.23. The van der Waals surface area contributed by atoms with E-state index in [1.54, 1.807) is 0 Å². The Kier molecular flexibility index (Phi) is 8.21. The van der Waals surface area contributed by atoms with Crippen LogP contribution in [-0.2, 0) is 11.2 Å². The predicted octanol–water partition coefficient (Wildman–Crippen LogP) is 3.92. The molecule has 1 aromatic carbocycles. The number of hydrogen-bond acceptors (Lipinski definition) is 2. The smallest absolute Gasteiger partial charge is 0.261 e. The highest BCUT2D eigenvalue weighted by atomic mass is 79.9. The summed E-state index contributed by atoms with van der Waals surface area (Å²) in [6.07, 6.45) is -1.99. The van der Waals surface area contributed by atoms with E-state index in [1.807, 2.05) is 6.92 Å². The van der Waals surface area contributed by atoms with Gasteiger partial charge in [-0.05, 0) is 47.4 Å². The summed E-state index contributed by atoms with van der Waals surface area (Å²) >= 11 is 3.02. The number of ether oxygens (including phenoxy) is 1. The van der Waals surface area contributed by atoms with Gasteiger partial charge in [-0.15, -0.1) is 0 Å². The maximum atomic E-state index is 13.9. The summed E-state index contributed by atoms with van der Waals surface area (Å²) in [5, 5.41) is 3.08. The number of alkyl halides is 2. The van der Waals surface area contributed by atoms with Crippen molar-refractivity contribution in [1.29, 1.82) is 0 Å². The van der Waals surface area contributed by atoms with Gasteiger partial charge in [0.05, 0.1) is 4.47 Å². The lowest BCUT2D eigenvalue weighted by atomic mass is 10.0. The van der Waals surface area contributed by atoms with Crippen LogP contribution >= 0.6 is 15.9 Å². The zero-order valence-corrected chi connectivity index (χ0v) is 13.2. The molecular weight excluding hydrogens is 354 g/mol. The molecule has 0 aliphatic carbocycles. The van der Waals surface area contributed by atoms with Crippen LogP contribution in [0.25, 0.3) is 0 Å². The molecule has 1 N–H and O–H groups in total. The summed E-state index contributed by atoms with van der Waals surface area (Å²) in [6, 6.07) is 2.26. The van der Waals surface area contributed by atoms with Crippen molar-refractivity contribution in [2.45, 2.75) is 32.2 Å². The topological polar surface area (TPSA) is 21.3 Å². The Morgan fingerprint density at radius 1 is 1.29 bits per heavy atom. The van der Waals surface area contributed by atoms with Gasteiger partial charge in [-0.3, -0.25) is 0 Å². The molecule has 0 fully saturated rings. The lowest BCUT2D eigenvalue weighted by Crippen LogP contribution is -2.33. The minimum absolute atomic E-state index is 0.0239. The standard InChI is InChI=1S/C14H18BrF4NO/c1-2-20-9(5-6-21-8-13(17)18)7-10-12(16)4-3-11(15)14(10)19/h3-4,9,13,20H,2,5-8H2,1H3. The largest absolute Gasteiger partial charge is 0.375 e. The van der Waals surface area contributed by atoms with Gasteiger partial charge in [-0.1, -0.05) is 6.92 Å². The van der Waals surface area contributed by atoms with Gasteiger partial charge in [0.15, 0.2) is 0 Å². The van der Waals surface area contributed by atoms with Crippen molar-refractivity contribution in [1.82, 2.24) is 5.32 Å². The molecule has 2 nitrogen and oxygen atoms in total. The fourth-order valence-electron chi connectivity index (χ4n) is 1.97. The molecular formula is C14H18BrF4NO. The van der Waals surface area contributed by atoms with Crippen LogP contribution in [0.2, 0.25) is 0 Å². The van der Waals surface area contributed by atoms with E-state index in [0.717, 1.165) is 0 Å². The molecule has 1 rings (SSSR count).